The van der Waals surface area contributed by atoms with Crippen LogP contribution >= 0.6 is 0 Å². The third kappa shape index (κ3) is 1.99. The topological polar surface area (TPSA) is 36.8 Å². The second kappa shape index (κ2) is 3.25. The highest BCUT2D eigenvalue weighted by Gasteiger charge is 2.19. The van der Waals surface area contributed by atoms with Crippen LogP contribution in [0.25, 0.3) is 0 Å². The fourth-order valence-electron chi connectivity index (χ4n) is 1.31. The Bertz CT molecular complexity index is 377. The second-order valence-corrected chi connectivity index (χ2v) is 3.87. The maximum absolute atomic E-state index is 4.12. The highest BCUT2D eigenvalue weighted by atomic mass is 15.2. The molecule has 0 radical (unpaired) electrons. The molecule has 1 N–H and O–H groups in total. The summed E-state index contributed by atoms with van der Waals surface area (Å²) in [5.74, 6) is 0.821. The van der Waals surface area contributed by atoms with Gasteiger partial charge in [0.25, 0.3) is 0 Å². The maximum atomic E-state index is 4.12. The van der Waals surface area contributed by atoms with Gasteiger partial charge in [0.05, 0.1) is 5.54 Å². The minimum Gasteiger partial charge on any atom is -0.339 e. The Morgan fingerprint density at radius 1 is 1.14 bits per heavy atom. The molecule has 0 saturated heterocycles. The smallest absolute Gasteiger partial charge is 0.151 e. The Morgan fingerprint density at radius 3 is 2.43 bits per heavy atom. The molecule has 1 aliphatic heterocycles. The van der Waals surface area contributed by atoms with E-state index in [0.717, 1.165) is 11.5 Å². The van der Waals surface area contributed by atoms with Crippen molar-refractivity contribution in [2.24, 2.45) is 10.2 Å². The SMILES string of the molecule is CC1(C)C=C(Nc2ccccc2)N=N1. The van der Waals surface area contributed by atoms with Gasteiger partial charge < -0.3 is 5.32 Å². The van der Waals surface area contributed by atoms with E-state index in [-0.39, 0.29) is 5.54 Å². The number of hydrogen-bond donors (Lipinski definition) is 1. The van der Waals surface area contributed by atoms with Crippen molar-refractivity contribution >= 4 is 5.69 Å². The summed E-state index contributed by atoms with van der Waals surface area (Å²) >= 11 is 0. The molecule has 3 nitrogen and oxygen atoms in total. The lowest BCUT2D eigenvalue weighted by Crippen LogP contribution is -2.08. The molecule has 1 aromatic rings. The highest BCUT2D eigenvalue weighted by Crippen LogP contribution is 2.23. The third-order valence-corrected chi connectivity index (χ3v) is 1.95. The van der Waals surface area contributed by atoms with Gasteiger partial charge >= 0.3 is 0 Å². The fourth-order valence-corrected chi connectivity index (χ4v) is 1.31. The lowest BCUT2D eigenvalue weighted by molar-refractivity contribution is 0.644. The number of azo groups is 1. The van der Waals surface area contributed by atoms with E-state index >= 15 is 0 Å². The van der Waals surface area contributed by atoms with Gasteiger partial charge in [-0.3, -0.25) is 0 Å². The summed E-state index contributed by atoms with van der Waals surface area (Å²) < 4.78 is 0. The summed E-state index contributed by atoms with van der Waals surface area (Å²) in [6, 6.07) is 9.96. The first-order valence-electron chi connectivity index (χ1n) is 4.64. The Kier molecular flexibility index (Phi) is 2.08. The fraction of sp³-hybridized carbons (Fsp3) is 0.273. The van der Waals surface area contributed by atoms with Crippen LogP contribution in [0.3, 0.4) is 0 Å². The molecule has 0 bridgehead atoms. The lowest BCUT2D eigenvalue weighted by atomic mass is 10.1. The van der Waals surface area contributed by atoms with Crippen LogP contribution in [0.15, 0.2) is 52.5 Å². The van der Waals surface area contributed by atoms with Crippen molar-refractivity contribution in [3.63, 3.8) is 0 Å². The van der Waals surface area contributed by atoms with Gasteiger partial charge in [-0.15, -0.1) is 5.11 Å². The average molecular weight is 187 g/mol. The largest absolute Gasteiger partial charge is 0.339 e. The Hall–Kier alpha value is -1.64. The molecule has 3 heteroatoms. The molecule has 1 heterocycles. The van der Waals surface area contributed by atoms with Crippen LogP contribution in [-0.4, -0.2) is 5.54 Å². The molecule has 0 amide bonds. The van der Waals surface area contributed by atoms with Crippen molar-refractivity contribution in [1.29, 1.82) is 0 Å². The van der Waals surface area contributed by atoms with E-state index in [2.05, 4.69) is 15.5 Å². The zero-order valence-corrected chi connectivity index (χ0v) is 8.36. The second-order valence-electron chi connectivity index (χ2n) is 3.87. The molecule has 14 heavy (non-hydrogen) atoms. The maximum Gasteiger partial charge on any atom is 0.151 e. The summed E-state index contributed by atoms with van der Waals surface area (Å²) in [7, 11) is 0. The molecule has 0 aromatic heterocycles. The van der Waals surface area contributed by atoms with Gasteiger partial charge in [-0.25, -0.2) is 0 Å². The van der Waals surface area contributed by atoms with Gasteiger partial charge in [0, 0.05) is 5.69 Å². The Balaban J connectivity index is 2.11. The van der Waals surface area contributed by atoms with Gasteiger partial charge in [0.2, 0.25) is 0 Å². The van der Waals surface area contributed by atoms with Crippen LogP contribution in [0.5, 0.6) is 0 Å². The first-order chi connectivity index (χ1) is 6.66. The van der Waals surface area contributed by atoms with Crippen LogP contribution in [-0.2, 0) is 0 Å². The summed E-state index contributed by atoms with van der Waals surface area (Å²) in [5, 5.41) is 11.4. The van der Waals surface area contributed by atoms with Gasteiger partial charge in [0.1, 0.15) is 0 Å². The van der Waals surface area contributed by atoms with Crippen LogP contribution in [0.1, 0.15) is 13.8 Å². The van der Waals surface area contributed by atoms with Crippen molar-refractivity contribution in [1.82, 2.24) is 0 Å². The predicted octanol–water partition coefficient (Wildman–Crippen LogP) is 3.18. The molecular weight excluding hydrogens is 174 g/mol. The number of para-hydroxylation sites is 1. The Morgan fingerprint density at radius 2 is 1.86 bits per heavy atom. The van der Waals surface area contributed by atoms with Crippen molar-refractivity contribution in [2.75, 3.05) is 5.32 Å². The molecule has 1 aromatic carbocycles. The summed E-state index contributed by atoms with van der Waals surface area (Å²) in [5.41, 5.74) is 0.868. The molecule has 0 aliphatic carbocycles. The van der Waals surface area contributed by atoms with Gasteiger partial charge in [-0.05, 0) is 32.1 Å². The van der Waals surface area contributed by atoms with Gasteiger partial charge in [-0.1, -0.05) is 18.2 Å². The summed E-state index contributed by atoms with van der Waals surface area (Å²) in [4.78, 5) is 0. The molecule has 0 spiro atoms. The number of rotatable bonds is 2. The average Bonchev–Trinajstić information content (AvgIpc) is 2.47. The standard InChI is InChI=1S/C11H13N3/c1-11(2)8-10(13-14-11)12-9-6-4-3-5-7-9/h3-8,12H,1-2H3. The van der Waals surface area contributed by atoms with E-state index in [1.54, 1.807) is 0 Å². The van der Waals surface area contributed by atoms with E-state index in [9.17, 15) is 0 Å². The van der Waals surface area contributed by atoms with E-state index in [1.807, 2.05) is 50.3 Å². The van der Waals surface area contributed by atoms with Crippen molar-refractivity contribution in [3.05, 3.63) is 42.2 Å². The molecule has 2 rings (SSSR count). The predicted molar refractivity (Wildman–Crippen MR) is 57.1 cm³/mol. The monoisotopic (exact) mass is 187 g/mol. The highest BCUT2D eigenvalue weighted by molar-refractivity contribution is 5.48. The van der Waals surface area contributed by atoms with Gasteiger partial charge in [0.15, 0.2) is 5.82 Å². The molecule has 1 aliphatic rings. The Labute approximate surface area is 83.6 Å². The number of anilines is 1. The molecule has 72 valence electrons. The zero-order chi connectivity index (χ0) is 10.0. The van der Waals surface area contributed by atoms with E-state index in [1.165, 1.54) is 0 Å². The number of nitrogens with zero attached hydrogens (tertiary/aromatic N) is 2. The summed E-state index contributed by atoms with van der Waals surface area (Å²) in [6.45, 7) is 4.05. The van der Waals surface area contributed by atoms with E-state index in [4.69, 9.17) is 0 Å². The molecule has 0 unspecified atom stereocenters. The zero-order valence-electron chi connectivity index (χ0n) is 8.36. The molecule has 0 fully saturated rings. The van der Waals surface area contributed by atoms with Crippen LogP contribution < -0.4 is 5.32 Å². The van der Waals surface area contributed by atoms with Crippen LogP contribution in [0, 0.1) is 0 Å². The number of nitrogens with one attached hydrogen (secondary N) is 1. The summed E-state index contributed by atoms with van der Waals surface area (Å²) in [6.07, 6.45) is 2.01. The normalized spacial score (nSPS) is 18.0. The van der Waals surface area contributed by atoms with Crippen LogP contribution in [0.4, 0.5) is 5.69 Å². The van der Waals surface area contributed by atoms with Crippen molar-refractivity contribution in [3.8, 4) is 0 Å². The third-order valence-electron chi connectivity index (χ3n) is 1.95. The van der Waals surface area contributed by atoms with Crippen molar-refractivity contribution < 1.29 is 0 Å². The lowest BCUT2D eigenvalue weighted by Gasteiger charge is -2.05. The van der Waals surface area contributed by atoms with Crippen LogP contribution in [0.2, 0.25) is 0 Å². The quantitative estimate of drug-likeness (QED) is 0.758. The minimum atomic E-state index is -0.170. The molecular formula is C11H13N3. The number of hydrogen-bond acceptors (Lipinski definition) is 3. The first kappa shape index (κ1) is 8.94. The number of benzene rings is 1. The van der Waals surface area contributed by atoms with E-state index < -0.39 is 0 Å². The first-order valence-corrected chi connectivity index (χ1v) is 4.64. The molecule has 0 atom stereocenters. The minimum absolute atomic E-state index is 0.170. The van der Waals surface area contributed by atoms with E-state index in [0.29, 0.717) is 0 Å². The van der Waals surface area contributed by atoms with Gasteiger partial charge in [-0.2, -0.15) is 5.11 Å². The van der Waals surface area contributed by atoms with Crippen molar-refractivity contribution in [2.45, 2.75) is 19.4 Å². The molecule has 0 saturated carbocycles.